The largest absolute Gasteiger partial charge is 0.486 e. The summed E-state index contributed by atoms with van der Waals surface area (Å²) in [6, 6.07) is 9.39. The molecular formula is C14H9Br2FN2O. The molecule has 0 saturated heterocycles. The second-order valence-corrected chi connectivity index (χ2v) is 5.72. The van der Waals surface area contributed by atoms with Gasteiger partial charge in [-0.3, -0.25) is 0 Å². The first-order valence-electron chi connectivity index (χ1n) is 5.57. The number of benzene rings is 2. The zero-order valence-electron chi connectivity index (χ0n) is 10.2. The summed E-state index contributed by atoms with van der Waals surface area (Å²) in [7, 11) is 0. The fourth-order valence-electron chi connectivity index (χ4n) is 1.66. The number of ether oxygens (including phenoxy) is 1. The lowest BCUT2D eigenvalue weighted by Gasteiger charge is -2.12. The van der Waals surface area contributed by atoms with Crippen LogP contribution in [0.2, 0.25) is 0 Å². The fraction of sp³-hybridized carbons (Fsp3) is 0.0714. The predicted octanol–water partition coefficient (Wildman–Crippen LogP) is 4.38. The van der Waals surface area contributed by atoms with E-state index < -0.39 is 5.82 Å². The molecule has 0 heterocycles. The highest BCUT2D eigenvalue weighted by Crippen LogP contribution is 2.36. The minimum Gasteiger partial charge on any atom is -0.486 e. The smallest absolute Gasteiger partial charge is 0.148 e. The average molecular weight is 400 g/mol. The molecule has 0 radical (unpaired) electrons. The molecule has 6 heteroatoms. The molecular weight excluding hydrogens is 391 g/mol. The van der Waals surface area contributed by atoms with Crippen molar-refractivity contribution in [1.29, 1.82) is 5.26 Å². The fourth-order valence-corrected chi connectivity index (χ4v) is 3.11. The summed E-state index contributed by atoms with van der Waals surface area (Å²) in [6.07, 6.45) is 0. The maximum Gasteiger partial charge on any atom is 0.148 e. The van der Waals surface area contributed by atoms with Crippen LogP contribution in [0.4, 0.5) is 10.1 Å². The Morgan fingerprint density at radius 1 is 1.20 bits per heavy atom. The molecule has 0 fully saturated rings. The van der Waals surface area contributed by atoms with Crippen LogP contribution < -0.4 is 10.5 Å². The monoisotopic (exact) mass is 398 g/mol. The summed E-state index contributed by atoms with van der Waals surface area (Å²) >= 11 is 6.69. The molecule has 0 aliphatic heterocycles. The summed E-state index contributed by atoms with van der Waals surface area (Å²) in [5.74, 6) is 0.144. The van der Waals surface area contributed by atoms with Crippen LogP contribution in [0, 0.1) is 17.1 Å². The van der Waals surface area contributed by atoms with Gasteiger partial charge in [-0.15, -0.1) is 0 Å². The Morgan fingerprint density at radius 2 is 1.85 bits per heavy atom. The van der Waals surface area contributed by atoms with Crippen LogP contribution in [0.1, 0.15) is 11.1 Å². The van der Waals surface area contributed by atoms with Crippen molar-refractivity contribution >= 4 is 37.5 Å². The minimum absolute atomic E-state index is 0.0851. The summed E-state index contributed by atoms with van der Waals surface area (Å²) in [6.45, 7) is 0.0851. The van der Waals surface area contributed by atoms with Gasteiger partial charge in [0.1, 0.15) is 18.2 Å². The van der Waals surface area contributed by atoms with Gasteiger partial charge in [-0.05, 0) is 62.2 Å². The zero-order chi connectivity index (χ0) is 14.7. The molecule has 102 valence electrons. The Morgan fingerprint density at radius 3 is 2.45 bits per heavy atom. The topological polar surface area (TPSA) is 59.0 Å². The lowest BCUT2D eigenvalue weighted by atomic mass is 10.1. The van der Waals surface area contributed by atoms with E-state index in [0.29, 0.717) is 31.5 Å². The molecule has 0 aromatic heterocycles. The summed E-state index contributed by atoms with van der Waals surface area (Å²) in [4.78, 5) is 0. The van der Waals surface area contributed by atoms with E-state index >= 15 is 0 Å². The first-order chi connectivity index (χ1) is 9.51. The molecule has 0 aliphatic carbocycles. The summed E-state index contributed by atoms with van der Waals surface area (Å²) < 4.78 is 20.2. The minimum atomic E-state index is -0.405. The van der Waals surface area contributed by atoms with E-state index in [1.807, 2.05) is 6.07 Å². The van der Waals surface area contributed by atoms with Crippen LogP contribution >= 0.6 is 31.9 Å². The Labute approximate surface area is 132 Å². The van der Waals surface area contributed by atoms with Gasteiger partial charge in [0.15, 0.2) is 0 Å². The second-order valence-electron chi connectivity index (χ2n) is 4.02. The predicted molar refractivity (Wildman–Crippen MR) is 81.7 cm³/mol. The standard InChI is InChI=1S/C14H9Br2FN2O/c15-12-4-11(19)5-13(16)14(12)20-7-9-3-10(17)2-1-8(9)6-18/h1-5H,7,19H2. The van der Waals surface area contributed by atoms with Crippen molar-refractivity contribution in [2.45, 2.75) is 6.61 Å². The number of nitrogens with zero attached hydrogens (tertiary/aromatic N) is 1. The number of nitrogens with two attached hydrogens (primary N) is 1. The van der Waals surface area contributed by atoms with E-state index in [2.05, 4.69) is 31.9 Å². The van der Waals surface area contributed by atoms with Gasteiger partial charge in [0.2, 0.25) is 0 Å². The van der Waals surface area contributed by atoms with Crippen molar-refractivity contribution in [3.8, 4) is 11.8 Å². The van der Waals surface area contributed by atoms with Crippen LogP contribution in [0.25, 0.3) is 0 Å². The van der Waals surface area contributed by atoms with Gasteiger partial charge in [-0.1, -0.05) is 0 Å². The van der Waals surface area contributed by atoms with Gasteiger partial charge in [0.05, 0.1) is 20.6 Å². The van der Waals surface area contributed by atoms with Crippen molar-refractivity contribution in [3.63, 3.8) is 0 Å². The van der Waals surface area contributed by atoms with E-state index in [1.165, 1.54) is 18.2 Å². The molecule has 2 N–H and O–H groups in total. The average Bonchev–Trinajstić information content (AvgIpc) is 2.37. The molecule has 2 aromatic carbocycles. The van der Waals surface area contributed by atoms with Crippen LogP contribution in [0.15, 0.2) is 39.3 Å². The lowest BCUT2D eigenvalue weighted by Crippen LogP contribution is -2.01. The summed E-state index contributed by atoms with van der Waals surface area (Å²) in [5.41, 5.74) is 7.15. The highest BCUT2D eigenvalue weighted by molar-refractivity contribution is 9.11. The number of nitrogen functional groups attached to an aromatic ring is 1. The van der Waals surface area contributed by atoms with Gasteiger partial charge in [-0.2, -0.15) is 5.26 Å². The molecule has 2 aromatic rings. The van der Waals surface area contributed by atoms with Gasteiger partial charge in [0.25, 0.3) is 0 Å². The highest BCUT2D eigenvalue weighted by atomic mass is 79.9. The quantitative estimate of drug-likeness (QED) is 0.779. The Hall–Kier alpha value is -1.58. The van der Waals surface area contributed by atoms with E-state index in [-0.39, 0.29) is 6.61 Å². The molecule has 0 unspecified atom stereocenters. The second kappa shape index (κ2) is 6.25. The molecule has 0 spiro atoms. The maximum absolute atomic E-state index is 13.2. The molecule has 3 nitrogen and oxygen atoms in total. The van der Waals surface area contributed by atoms with E-state index in [1.54, 1.807) is 12.1 Å². The van der Waals surface area contributed by atoms with Crippen molar-refractivity contribution in [2.75, 3.05) is 5.73 Å². The SMILES string of the molecule is N#Cc1ccc(F)cc1COc1c(Br)cc(N)cc1Br. The van der Waals surface area contributed by atoms with Gasteiger partial charge in [0, 0.05) is 11.3 Å². The molecule has 0 bridgehead atoms. The molecule has 2 rings (SSSR count). The molecule has 0 aliphatic rings. The van der Waals surface area contributed by atoms with E-state index in [9.17, 15) is 4.39 Å². The molecule has 0 atom stereocenters. The van der Waals surface area contributed by atoms with Crippen molar-refractivity contribution < 1.29 is 9.13 Å². The normalized spacial score (nSPS) is 10.1. The maximum atomic E-state index is 13.2. The van der Waals surface area contributed by atoms with Gasteiger partial charge in [-0.25, -0.2) is 4.39 Å². The van der Waals surface area contributed by atoms with Crippen LogP contribution in [0.5, 0.6) is 5.75 Å². The summed E-state index contributed by atoms with van der Waals surface area (Å²) in [5, 5.41) is 8.99. The zero-order valence-corrected chi connectivity index (χ0v) is 13.3. The third kappa shape index (κ3) is 3.30. The van der Waals surface area contributed by atoms with Crippen LogP contribution in [-0.2, 0) is 6.61 Å². The van der Waals surface area contributed by atoms with Crippen molar-refractivity contribution in [1.82, 2.24) is 0 Å². The van der Waals surface area contributed by atoms with Crippen LogP contribution in [-0.4, -0.2) is 0 Å². The lowest BCUT2D eigenvalue weighted by molar-refractivity contribution is 0.301. The third-order valence-electron chi connectivity index (χ3n) is 2.58. The third-order valence-corrected chi connectivity index (χ3v) is 3.76. The Kier molecular flexibility index (Phi) is 4.63. The number of halogens is 3. The number of nitriles is 1. The van der Waals surface area contributed by atoms with Gasteiger partial charge >= 0.3 is 0 Å². The molecule has 20 heavy (non-hydrogen) atoms. The van der Waals surface area contributed by atoms with Crippen LogP contribution in [0.3, 0.4) is 0 Å². The first kappa shape index (κ1) is 14.8. The Balaban J connectivity index is 2.26. The number of hydrogen-bond donors (Lipinski definition) is 1. The Bertz CT molecular complexity index is 675. The van der Waals surface area contributed by atoms with Gasteiger partial charge < -0.3 is 10.5 Å². The van der Waals surface area contributed by atoms with E-state index in [0.717, 1.165) is 0 Å². The number of rotatable bonds is 3. The first-order valence-corrected chi connectivity index (χ1v) is 7.15. The number of hydrogen-bond acceptors (Lipinski definition) is 3. The van der Waals surface area contributed by atoms with Crippen molar-refractivity contribution in [3.05, 3.63) is 56.2 Å². The highest BCUT2D eigenvalue weighted by Gasteiger charge is 2.10. The molecule has 0 saturated carbocycles. The van der Waals surface area contributed by atoms with Crippen molar-refractivity contribution in [2.24, 2.45) is 0 Å². The molecule has 0 amide bonds. The number of anilines is 1. The van der Waals surface area contributed by atoms with E-state index in [4.69, 9.17) is 15.7 Å².